The van der Waals surface area contributed by atoms with Crippen molar-refractivity contribution in [2.24, 2.45) is 0 Å². The lowest BCUT2D eigenvalue weighted by Gasteiger charge is -2.10. The molecule has 0 aliphatic rings. The van der Waals surface area contributed by atoms with Crippen LogP contribution in [0.5, 0.6) is 0 Å². The lowest BCUT2D eigenvalue weighted by atomic mass is 10.1. The number of hydrogen-bond acceptors (Lipinski definition) is 4. The van der Waals surface area contributed by atoms with Gasteiger partial charge in [-0.3, -0.25) is 4.79 Å². The fourth-order valence-electron chi connectivity index (χ4n) is 1.12. The van der Waals surface area contributed by atoms with Gasteiger partial charge in [0, 0.05) is 6.20 Å². The highest BCUT2D eigenvalue weighted by Crippen LogP contribution is 2.20. The van der Waals surface area contributed by atoms with E-state index in [1.807, 2.05) is 0 Å². The molecule has 1 heterocycles. The average molecular weight is 230 g/mol. The molecule has 0 saturated heterocycles. The van der Waals surface area contributed by atoms with Crippen LogP contribution in [0.2, 0.25) is 5.15 Å². The van der Waals surface area contributed by atoms with Crippen molar-refractivity contribution in [3.8, 4) is 0 Å². The summed E-state index contributed by atoms with van der Waals surface area (Å²) in [5, 5.41) is 10.0. The third kappa shape index (κ3) is 3.18. The Balaban J connectivity index is 2.78. The molecular weight excluding hydrogens is 218 g/mol. The van der Waals surface area contributed by atoms with Crippen LogP contribution in [0.3, 0.4) is 0 Å². The molecule has 1 aromatic rings. The van der Waals surface area contributed by atoms with Crippen molar-refractivity contribution >= 4 is 17.6 Å². The summed E-state index contributed by atoms with van der Waals surface area (Å²) >= 11 is 5.73. The third-order valence-corrected chi connectivity index (χ3v) is 2.40. The molecule has 0 bridgehead atoms. The van der Waals surface area contributed by atoms with Gasteiger partial charge < -0.3 is 9.84 Å². The van der Waals surface area contributed by atoms with Gasteiger partial charge in [-0.15, -0.1) is 0 Å². The summed E-state index contributed by atoms with van der Waals surface area (Å²) in [5.74, 6) is -0.463. The molecule has 0 amide bonds. The number of aliphatic hydroxyl groups excluding tert-OH is 1. The van der Waals surface area contributed by atoms with Gasteiger partial charge in [-0.1, -0.05) is 11.6 Å². The quantitative estimate of drug-likeness (QED) is 0.632. The van der Waals surface area contributed by atoms with Crippen molar-refractivity contribution in [1.82, 2.24) is 4.98 Å². The Kier molecular flexibility index (Phi) is 4.05. The molecule has 1 rings (SSSR count). The number of methoxy groups -OCH3 is 1. The molecule has 0 aliphatic carbocycles. The van der Waals surface area contributed by atoms with Crippen molar-refractivity contribution in [1.29, 1.82) is 0 Å². The standard InChI is InChI=1S/C10H12ClNO3/c1-6-3-7(5-12-10(6)11)8(13)4-9(14)15-2/h3,5,8,13H,4H2,1-2H3/t8-/m0/s1. The maximum absolute atomic E-state index is 10.9. The predicted octanol–water partition coefficient (Wildman–Crippen LogP) is 1.64. The van der Waals surface area contributed by atoms with Crippen LogP contribution in [0.1, 0.15) is 23.7 Å². The van der Waals surface area contributed by atoms with E-state index in [1.165, 1.54) is 13.3 Å². The van der Waals surface area contributed by atoms with Gasteiger partial charge >= 0.3 is 5.97 Å². The van der Waals surface area contributed by atoms with Crippen LogP contribution in [0, 0.1) is 6.92 Å². The van der Waals surface area contributed by atoms with E-state index >= 15 is 0 Å². The number of carbonyl (C=O) groups is 1. The normalized spacial score (nSPS) is 12.3. The highest BCUT2D eigenvalue weighted by atomic mass is 35.5. The zero-order valence-electron chi connectivity index (χ0n) is 8.53. The number of hydrogen-bond donors (Lipinski definition) is 1. The van der Waals surface area contributed by atoms with Crippen molar-refractivity contribution in [2.75, 3.05) is 7.11 Å². The summed E-state index contributed by atoms with van der Waals surface area (Å²) in [6.45, 7) is 1.78. The Morgan fingerprint density at radius 1 is 1.73 bits per heavy atom. The fourth-order valence-corrected chi connectivity index (χ4v) is 1.22. The van der Waals surface area contributed by atoms with E-state index in [-0.39, 0.29) is 6.42 Å². The minimum atomic E-state index is -0.902. The second-order valence-electron chi connectivity index (χ2n) is 3.17. The summed E-state index contributed by atoms with van der Waals surface area (Å²) in [7, 11) is 1.28. The molecule has 0 radical (unpaired) electrons. The highest BCUT2D eigenvalue weighted by Gasteiger charge is 2.14. The summed E-state index contributed by atoms with van der Waals surface area (Å²) in [4.78, 5) is 14.8. The minimum absolute atomic E-state index is 0.0841. The molecule has 0 spiro atoms. The van der Waals surface area contributed by atoms with Gasteiger partial charge in [0.15, 0.2) is 0 Å². The molecule has 0 fully saturated rings. The molecule has 1 N–H and O–H groups in total. The second kappa shape index (κ2) is 5.09. The number of halogens is 1. The molecule has 5 heteroatoms. The number of rotatable bonds is 3. The van der Waals surface area contributed by atoms with Gasteiger partial charge in [-0.25, -0.2) is 4.98 Å². The smallest absolute Gasteiger partial charge is 0.308 e. The number of carbonyl (C=O) groups excluding carboxylic acids is 1. The number of pyridine rings is 1. The Morgan fingerprint density at radius 2 is 2.40 bits per heavy atom. The lowest BCUT2D eigenvalue weighted by molar-refractivity contribution is -0.142. The van der Waals surface area contributed by atoms with E-state index in [1.54, 1.807) is 13.0 Å². The molecule has 4 nitrogen and oxygen atoms in total. The number of aliphatic hydroxyl groups is 1. The molecule has 1 aromatic heterocycles. The summed E-state index contributed by atoms with van der Waals surface area (Å²) < 4.78 is 4.45. The van der Waals surface area contributed by atoms with Gasteiger partial charge in [0.25, 0.3) is 0 Å². The third-order valence-electron chi connectivity index (χ3n) is 2.01. The first-order valence-corrected chi connectivity index (χ1v) is 4.79. The van der Waals surface area contributed by atoms with Crippen LogP contribution in [-0.2, 0) is 9.53 Å². The summed E-state index contributed by atoms with van der Waals surface area (Å²) in [6, 6.07) is 1.70. The second-order valence-corrected chi connectivity index (χ2v) is 3.53. The van der Waals surface area contributed by atoms with Crippen molar-refractivity contribution in [3.63, 3.8) is 0 Å². The SMILES string of the molecule is COC(=O)C[C@H](O)c1cnc(Cl)c(C)c1. The first-order valence-electron chi connectivity index (χ1n) is 4.41. The average Bonchev–Trinajstić information content (AvgIpc) is 2.21. The molecule has 15 heavy (non-hydrogen) atoms. The van der Waals surface area contributed by atoms with Crippen LogP contribution >= 0.6 is 11.6 Å². The summed E-state index contributed by atoms with van der Waals surface area (Å²) in [5.41, 5.74) is 1.32. The highest BCUT2D eigenvalue weighted by molar-refractivity contribution is 6.30. The molecule has 1 atom stereocenters. The van der Waals surface area contributed by atoms with Gasteiger partial charge in [0.2, 0.25) is 0 Å². The minimum Gasteiger partial charge on any atom is -0.469 e. The van der Waals surface area contributed by atoms with E-state index in [0.717, 1.165) is 5.56 Å². The molecule has 0 aromatic carbocycles. The number of esters is 1. The van der Waals surface area contributed by atoms with Crippen LogP contribution in [-0.4, -0.2) is 23.2 Å². The number of aryl methyl sites for hydroxylation is 1. The number of aromatic nitrogens is 1. The topological polar surface area (TPSA) is 59.4 Å². The fraction of sp³-hybridized carbons (Fsp3) is 0.400. The van der Waals surface area contributed by atoms with E-state index in [4.69, 9.17) is 11.6 Å². The van der Waals surface area contributed by atoms with Gasteiger partial charge in [0.1, 0.15) is 5.15 Å². The Morgan fingerprint density at radius 3 is 2.93 bits per heavy atom. The van der Waals surface area contributed by atoms with Crippen LogP contribution in [0.25, 0.3) is 0 Å². The Hall–Kier alpha value is -1.13. The zero-order chi connectivity index (χ0) is 11.4. The van der Waals surface area contributed by atoms with E-state index < -0.39 is 12.1 Å². The largest absolute Gasteiger partial charge is 0.469 e. The number of ether oxygens (including phenoxy) is 1. The van der Waals surface area contributed by atoms with E-state index in [0.29, 0.717) is 10.7 Å². The first-order chi connectivity index (χ1) is 7.04. The zero-order valence-corrected chi connectivity index (χ0v) is 9.28. The van der Waals surface area contributed by atoms with Crippen LogP contribution in [0.4, 0.5) is 0 Å². The maximum Gasteiger partial charge on any atom is 0.308 e. The predicted molar refractivity (Wildman–Crippen MR) is 55.6 cm³/mol. The molecule has 0 aliphatic heterocycles. The van der Waals surface area contributed by atoms with Crippen molar-refractivity contribution in [2.45, 2.75) is 19.4 Å². The van der Waals surface area contributed by atoms with E-state index in [9.17, 15) is 9.90 Å². The first kappa shape index (κ1) is 11.9. The van der Waals surface area contributed by atoms with Gasteiger partial charge in [0.05, 0.1) is 19.6 Å². The molecular formula is C10H12ClNO3. The molecule has 0 unspecified atom stereocenters. The van der Waals surface area contributed by atoms with Crippen LogP contribution < -0.4 is 0 Å². The summed E-state index contributed by atoms with van der Waals surface area (Å²) in [6.07, 6.45) is 0.461. The van der Waals surface area contributed by atoms with Gasteiger partial charge in [-0.2, -0.15) is 0 Å². The van der Waals surface area contributed by atoms with E-state index in [2.05, 4.69) is 9.72 Å². The Bertz CT molecular complexity index is 368. The van der Waals surface area contributed by atoms with Gasteiger partial charge in [-0.05, 0) is 24.1 Å². The Labute approximate surface area is 92.8 Å². The lowest BCUT2D eigenvalue weighted by Crippen LogP contribution is -2.08. The van der Waals surface area contributed by atoms with Crippen LogP contribution in [0.15, 0.2) is 12.3 Å². The monoisotopic (exact) mass is 229 g/mol. The number of nitrogens with zero attached hydrogens (tertiary/aromatic N) is 1. The molecule has 0 saturated carbocycles. The molecule has 82 valence electrons. The van der Waals surface area contributed by atoms with Crippen molar-refractivity contribution < 1.29 is 14.6 Å². The van der Waals surface area contributed by atoms with Crippen molar-refractivity contribution in [3.05, 3.63) is 28.5 Å². The maximum atomic E-state index is 10.9.